The Hall–Kier alpha value is -3.79. The quantitative estimate of drug-likeness (QED) is 0.320. The van der Waals surface area contributed by atoms with Crippen molar-refractivity contribution in [1.29, 1.82) is 0 Å². The molecule has 33 heavy (non-hydrogen) atoms. The van der Waals surface area contributed by atoms with E-state index < -0.39 is 0 Å². The number of fused-ring (bicyclic) bond motifs is 9. The summed E-state index contributed by atoms with van der Waals surface area (Å²) >= 11 is 0. The molecule has 0 atom stereocenters. The summed E-state index contributed by atoms with van der Waals surface area (Å²) in [6.45, 7) is 6.89. The van der Waals surface area contributed by atoms with Crippen LogP contribution in [0.4, 0.5) is 0 Å². The first-order valence-electron chi connectivity index (χ1n) is 11.6. The number of hydrogen-bond donors (Lipinski definition) is 0. The fraction of sp³-hybridized carbons (Fsp3) is 0.138. The lowest BCUT2D eigenvalue weighted by Gasteiger charge is -2.22. The van der Waals surface area contributed by atoms with E-state index in [2.05, 4.69) is 92.2 Å². The summed E-state index contributed by atoms with van der Waals surface area (Å²) < 4.78 is 8.74. The van der Waals surface area contributed by atoms with Crippen molar-refractivity contribution in [2.45, 2.75) is 26.2 Å². The fourth-order valence-corrected chi connectivity index (χ4v) is 6.22. The second kappa shape index (κ2) is 5.58. The van der Waals surface area contributed by atoms with Gasteiger partial charge < -0.3 is 4.42 Å². The van der Waals surface area contributed by atoms with Crippen molar-refractivity contribution in [2.75, 3.05) is 0 Å². The van der Waals surface area contributed by atoms with Crippen molar-refractivity contribution in [1.82, 2.24) is 9.78 Å². The highest BCUT2D eigenvalue weighted by molar-refractivity contribution is 7.02. The second-order valence-corrected chi connectivity index (χ2v) is 10.4. The molecule has 4 heterocycles. The number of para-hydroxylation sites is 2. The van der Waals surface area contributed by atoms with Crippen LogP contribution in [0.1, 0.15) is 26.5 Å². The third-order valence-electron chi connectivity index (χ3n) is 7.52. The number of nitrogens with zero attached hydrogens (tertiary/aromatic N) is 2. The molecule has 0 unspecified atom stereocenters. The lowest BCUT2D eigenvalue weighted by molar-refractivity contribution is 0.565. The van der Waals surface area contributed by atoms with Gasteiger partial charge in [0.2, 0.25) is 0 Å². The normalized spacial score (nSPS) is 13.8. The number of benzene rings is 4. The predicted octanol–water partition coefficient (Wildman–Crippen LogP) is 5.03. The van der Waals surface area contributed by atoms with Crippen LogP contribution in [0.2, 0.25) is 0 Å². The topological polar surface area (TPSA) is 31.0 Å². The molecule has 2 aromatic heterocycles. The fourth-order valence-electron chi connectivity index (χ4n) is 6.22. The summed E-state index contributed by atoms with van der Waals surface area (Å²) in [5, 5.41) is 8.82. The van der Waals surface area contributed by atoms with Crippen LogP contribution >= 0.6 is 0 Å². The first-order valence-corrected chi connectivity index (χ1v) is 11.6. The maximum Gasteiger partial charge on any atom is 0.253 e. The number of hydrogen-bond acceptors (Lipinski definition) is 2. The van der Waals surface area contributed by atoms with Gasteiger partial charge >= 0.3 is 0 Å². The van der Waals surface area contributed by atoms with Gasteiger partial charge in [-0.2, -0.15) is 5.10 Å². The molecule has 2 aliphatic heterocycles. The molecular formula is C29H21BN2O. The van der Waals surface area contributed by atoms with Crippen LogP contribution in [0, 0.1) is 0 Å². The van der Waals surface area contributed by atoms with Crippen molar-refractivity contribution in [2.24, 2.45) is 0 Å². The molecule has 0 fully saturated rings. The Kier molecular flexibility index (Phi) is 3.00. The number of rotatable bonds is 0. The van der Waals surface area contributed by atoms with Gasteiger partial charge in [-0.1, -0.05) is 75.4 Å². The van der Waals surface area contributed by atoms with E-state index in [0.29, 0.717) is 0 Å². The van der Waals surface area contributed by atoms with E-state index in [1.165, 1.54) is 54.9 Å². The van der Waals surface area contributed by atoms with Crippen LogP contribution in [0.25, 0.3) is 49.7 Å². The zero-order valence-corrected chi connectivity index (χ0v) is 18.8. The Morgan fingerprint density at radius 2 is 1.55 bits per heavy atom. The van der Waals surface area contributed by atoms with E-state index in [-0.39, 0.29) is 12.1 Å². The van der Waals surface area contributed by atoms with Crippen LogP contribution in [0.5, 0.6) is 0 Å². The van der Waals surface area contributed by atoms with E-state index in [4.69, 9.17) is 9.52 Å². The van der Waals surface area contributed by atoms with Gasteiger partial charge in [-0.25, -0.2) is 4.68 Å². The van der Waals surface area contributed by atoms with Gasteiger partial charge in [0.25, 0.3) is 6.71 Å². The number of aromatic nitrogens is 2. The van der Waals surface area contributed by atoms with Gasteiger partial charge in [0.15, 0.2) is 0 Å². The largest absolute Gasteiger partial charge is 0.457 e. The van der Waals surface area contributed by atoms with E-state index >= 15 is 0 Å². The van der Waals surface area contributed by atoms with Crippen LogP contribution in [0.3, 0.4) is 0 Å². The molecule has 4 heteroatoms. The molecule has 156 valence electrons. The second-order valence-electron chi connectivity index (χ2n) is 10.4. The molecule has 0 spiro atoms. The molecule has 0 amide bonds. The summed E-state index contributed by atoms with van der Waals surface area (Å²) in [7, 11) is 0. The Labute approximate surface area is 191 Å². The standard InChI is InChI=1S/C29H21BN2O/c1-29(2,3)28-20-10-6-11-21-26(20)32(31-28)22-12-7-9-17-18-14-15-19-16-8-4-5-13-23(16)33-27(19)25(18)30(21)24(17)22/h4-15H,1-3H3. The minimum Gasteiger partial charge on any atom is -0.457 e. The van der Waals surface area contributed by atoms with Crippen molar-refractivity contribution in [3.63, 3.8) is 0 Å². The maximum absolute atomic E-state index is 6.54. The SMILES string of the molecule is CC(C)(C)c1nn2c3c(cccc13)B1c3c(cccc3-2)-c2ccc3c(oc4ccccc43)c21. The summed E-state index contributed by atoms with van der Waals surface area (Å²) in [4.78, 5) is 0. The van der Waals surface area contributed by atoms with Gasteiger partial charge in [-0.3, -0.25) is 0 Å². The average Bonchev–Trinajstić information content (AvgIpc) is 3.48. The molecule has 3 nitrogen and oxygen atoms in total. The minimum atomic E-state index is -0.0340. The minimum absolute atomic E-state index is 0.0340. The third kappa shape index (κ3) is 2.01. The molecule has 8 rings (SSSR count). The lowest BCUT2D eigenvalue weighted by Crippen LogP contribution is -2.53. The van der Waals surface area contributed by atoms with E-state index in [9.17, 15) is 0 Å². The van der Waals surface area contributed by atoms with Crippen LogP contribution < -0.4 is 16.4 Å². The Bertz CT molecular complexity index is 1820. The maximum atomic E-state index is 6.54. The summed E-state index contributed by atoms with van der Waals surface area (Å²) in [6.07, 6.45) is 0. The van der Waals surface area contributed by atoms with Gasteiger partial charge in [0.1, 0.15) is 11.2 Å². The summed E-state index contributed by atoms with van der Waals surface area (Å²) in [5.41, 5.74) is 12.1. The molecule has 0 aliphatic carbocycles. The first-order chi connectivity index (χ1) is 16.0. The molecule has 0 radical (unpaired) electrons. The smallest absolute Gasteiger partial charge is 0.253 e. The van der Waals surface area contributed by atoms with Crippen LogP contribution in [-0.2, 0) is 5.41 Å². The van der Waals surface area contributed by atoms with Gasteiger partial charge in [-0.05, 0) is 45.7 Å². The molecular weight excluding hydrogens is 403 g/mol. The van der Waals surface area contributed by atoms with Crippen molar-refractivity contribution < 1.29 is 4.42 Å². The Morgan fingerprint density at radius 1 is 0.758 bits per heavy atom. The monoisotopic (exact) mass is 424 g/mol. The summed E-state index contributed by atoms with van der Waals surface area (Å²) in [6, 6.07) is 26.2. The predicted molar refractivity (Wildman–Crippen MR) is 137 cm³/mol. The first kappa shape index (κ1) is 17.7. The molecule has 0 saturated heterocycles. The number of furan rings is 1. The van der Waals surface area contributed by atoms with Crippen molar-refractivity contribution in [3.05, 3.63) is 78.5 Å². The molecule has 0 N–H and O–H groups in total. The summed E-state index contributed by atoms with van der Waals surface area (Å²) in [5.74, 6) is 0. The zero-order chi connectivity index (χ0) is 22.1. The van der Waals surface area contributed by atoms with Crippen LogP contribution in [-0.4, -0.2) is 16.5 Å². The van der Waals surface area contributed by atoms with Crippen LogP contribution in [0.15, 0.2) is 77.2 Å². The zero-order valence-electron chi connectivity index (χ0n) is 18.8. The van der Waals surface area contributed by atoms with Gasteiger partial charge in [0.05, 0.1) is 16.9 Å². The van der Waals surface area contributed by atoms with Gasteiger partial charge in [-0.15, -0.1) is 0 Å². The molecule has 4 aromatic carbocycles. The van der Waals surface area contributed by atoms with Gasteiger partial charge in [0, 0.05) is 21.6 Å². The molecule has 2 aliphatic rings. The van der Waals surface area contributed by atoms with E-state index in [1.54, 1.807) is 0 Å². The molecule has 0 bridgehead atoms. The Morgan fingerprint density at radius 3 is 2.42 bits per heavy atom. The van der Waals surface area contributed by atoms with E-state index in [1.807, 2.05) is 6.07 Å². The highest BCUT2D eigenvalue weighted by Crippen LogP contribution is 2.38. The van der Waals surface area contributed by atoms with E-state index in [0.717, 1.165) is 16.9 Å². The highest BCUT2D eigenvalue weighted by atomic mass is 16.3. The average molecular weight is 424 g/mol. The van der Waals surface area contributed by atoms with Crippen molar-refractivity contribution in [3.8, 4) is 16.8 Å². The molecule has 0 saturated carbocycles. The molecule has 6 aromatic rings. The lowest BCUT2D eigenvalue weighted by atomic mass is 9.37. The van der Waals surface area contributed by atoms with Crippen molar-refractivity contribution >= 4 is 55.9 Å². The third-order valence-corrected chi connectivity index (χ3v) is 7.52. The highest BCUT2D eigenvalue weighted by Gasteiger charge is 2.43. The Balaban J connectivity index is 1.56.